The number of nitrogens with zero attached hydrogens (tertiary/aromatic N) is 5. The molecule has 2 saturated heterocycles. The highest BCUT2D eigenvalue weighted by Crippen LogP contribution is 2.46. The maximum Gasteiger partial charge on any atom is 0.431 e. The molecule has 0 spiro atoms. The van der Waals surface area contributed by atoms with Gasteiger partial charge in [-0.05, 0) is 68.3 Å². The summed E-state index contributed by atoms with van der Waals surface area (Å²) in [6, 6.07) is 3.18. The Balaban J connectivity index is 1.45. The van der Waals surface area contributed by atoms with E-state index in [1.165, 1.54) is 11.8 Å². The van der Waals surface area contributed by atoms with E-state index in [0.29, 0.717) is 34.7 Å². The van der Waals surface area contributed by atoms with E-state index in [-0.39, 0.29) is 5.65 Å². The van der Waals surface area contributed by atoms with Gasteiger partial charge in [-0.15, -0.1) is 0 Å². The van der Waals surface area contributed by atoms with Gasteiger partial charge in [0.05, 0.1) is 11.7 Å². The van der Waals surface area contributed by atoms with Crippen LogP contribution in [0.3, 0.4) is 0 Å². The Morgan fingerprint density at radius 3 is 2.77 bits per heavy atom. The molecule has 4 aromatic rings. The van der Waals surface area contributed by atoms with E-state index in [1.807, 2.05) is 6.20 Å². The summed E-state index contributed by atoms with van der Waals surface area (Å²) in [7, 11) is 0. The Kier molecular flexibility index (Phi) is 4.58. The van der Waals surface area contributed by atoms with Gasteiger partial charge in [0.25, 0.3) is 0 Å². The number of aromatic amines is 1. The molecule has 0 amide bonds. The van der Waals surface area contributed by atoms with Gasteiger partial charge in [0.1, 0.15) is 17.2 Å². The van der Waals surface area contributed by atoms with Gasteiger partial charge < -0.3 is 15.2 Å². The van der Waals surface area contributed by atoms with Gasteiger partial charge in [0.15, 0.2) is 5.82 Å². The van der Waals surface area contributed by atoms with Crippen LogP contribution in [0.15, 0.2) is 30.7 Å². The predicted molar refractivity (Wildman–Crippen MR) is 126 cm³/mol. The first-order valence-corrected chi connectivity index (χ1v) is 12.2. The molecular weight excluding hydrogens is 455 g/mol. The van der Waals surface area contributed by atoms with Crippen molar-refractivity contribution < 1.29 is 13.2 Å². The number of anilines is 1. The van der Waals surface area contributed by atoms with Crippen molar-refractivity contribution in [2.24, 2.45) is 5.92 Å². The molecule has 1 aliphatic carbocycles. The van der Waals surface area contributed by atoms with Gasteiger partial charge in [-0.1, -0.05) is 0 Å². The van der Waals surface area contributed by atoms with E-state index in [0.717, 1.165) is 68.1 Å². The number of aromatic nitrogens is 5. The fraction of sp³-hybridized carbons (Fsp3) is 0.440. The molecule has 0 bridgehead atoms. The van der Waals surface area contributed by atoms with Crippen LogP contribution in [-0.2, 0) is 6.18 Å². The number of rotatable bonds is 3. The summed E-state index contributed by atoms with van der Waals surface area (Å²) < 4.78 is 40.2. The first kappa shape index (κ1) is 21.0. The summed E-state index contributed by atoms with van der Waals surface area (Å²) in [5, 5.41) is 4.91. The number of piperidine rings is 1. The molecule has 3 fully saturated rings. The van der Waals surface area contributed by atoms with Crippen LogP contribution in [0.5, 0.6) is 0 Å². The highest BCUT2D eigenvalue weighted by atomic mass is 19.4. The second-order valence-corrected chi connectivity index (χ2v) is 9.87. The highest BCUT2D eigenvalue weighted by molar-refractivity contribution is 5.97. The minimum absolute atomic E-state index is 0.171. The summed E-state index contributed by atoms with van der Waals surface area (Å²) in [5.41, 5.74) is 1.79. The lowest BCUT2D eigenvalue weighted by atomic mass is 9.94. The average molecular weight is 480 g/mol. The van der Waals surface area contributed by atoms with Crippen molar-refractivity contribution in [2.45, 2.75) is 43.8 Å². The maximum atomic E-state index is 13.4. The zero-order chi connectivity index (χ0) is 23.7. The Morgan fingerprint density at radius 1 is 1.06 bits per heavy atom. The molecule has 6 heterocycles. The third kappa shape index (κ3) is 3.45. The van der Waals surface area contributed by atoms with Crippen LogP contribution in [0.25, 0.3) is 33.3 Å². The quantitative estimate of drug-likeness (QED) is 0.445. The van der Waals surface area contributed by atoms with Crippen LogP contribution >= 0.6 is 0 Å². The predicted octanol–water partition coefficient (Wildman–Crippen LogP) is 4.65. The first-order valence-electron chi connectivity index (χ1n) is 12.2. The minimum atomic E-state index is -4.49. The third-order valence-electron chi connectivity index (χ3n) is 7.69. The number of halogens is 3. The molecule has 2 atom stereocenters. The van der Waals surface area contributed by atoms with Gasteiger partial charge in [-0.3, -0.25) is 4.98 Å². The number of pyridine rings is 2. The molecular formula is C25H24F3N7. The van der Waals surface area contributed by atoms with Gasteiger partial charge in [-0.25, -0.2) is 15.0 Å². The van der Waals surface area contributed by atoms with E-state index >= 15 is 0 Å². The van der Waals surface area contributed by atoms with E-state index in [9.17, 15) is 13.2 Å². The number of hydrogen-bond donors (Lipinski definition) is 2. The Hall–Kier alpha value is -3.27. The first-order chi connectivity index (χ1) is 17.0. The number of H-pyrrole nitrogens is 1. The normalized spacial score (nSPS) is 22.8. The van der Waals surface area contributed by atoms with Crippen molar-refractivity contribution in [3.8, 4) is 11.4 Å². The molecule has 35 heavy (non-hydrogen) atoms. The average Bonchev–Trinajstić information content (AvgIpc) is 3.44. The fourth-order valence-electron chi connectivity index (χ4n) is 5.84. The monoisotopic (exact) mass is 479 g/mol. The van der Waals surface area contributed by atoms with Crippen molar-refractivity contribution in [3.63, 3.8) is 0 Å². The zero-order valence-corrected chi connectivity index (χ0v) is 18.9. The van der Waals surface area contributed by atoms with Gasteiger partial charge in [-0.2, -0.15) is 13.2 Å². The van der Waals surface area contributed by atoms with Gasteiger partial charge in [0.2, 0.25) is 0 Å². The lowest BCUT2D eigenvalue weighted by Crippen LogP contribution is -2.44. The molecule has 7 rings (SSSR count). The minimum Gasteiger partial charge on any atom is -0.353 e. The van der Waals surface area contributed by atoms with Crippen molar-refractivity contribution >= 4 is 27.8 Å². The second kappa shape index (κ2) is 7.61. The Labute approximate surface area is 199 Å². The smallest absolute Gasteiger partial charge is 0.353 e. The molecule has 2 N–H and O–H groups in total. The third-order valence-corrected chi connectivity index (χ3v) is 7.69. The van der Waals surface area contributed by atoms with E-state index < -0.39 is 11.9 Å². The lowest BCUT2D eigenvalue weighted by molar-refractivity contribution is -0.140. The van der Waals surface area contributed by atoms with Crippen LogP contribution in [0.1, 0.15) is 42.9 Å². The van der Waals surface area contributed by atoms with Crippen LogP contribution in [0, 0.1) is 5.92 Å². The van der Waals surface area contributed by atoms with Crippen molar-refractivity contribution in [1.82, 2.24) is 30.2 Å². The number of hydrogen-bond acceptors (Lipinski definition) is 6. The van der Waals surface area contributed by atoms with Crippen molar-refractivity contribution in [2.75, 3.05) is 24.5 Å². The highest BCUT2D eigenvalue weighted by Gasteiger charge is 2.39. The van der Waals surface area contributed by atoms with E-state index in [1.54, 1.807) is 12.3 Å². The summed E-state index contributed by atoms with van der Waals surface area (Å²) in [6.45, 7) is 2.88. The van der Waals surface area contributed by atoms with Gasteiger partial charge >= 0.3 is 6.18 Å². The van der Waals surface area contributed by atoms with Crippen molar-refractivity contribution in [3.05, 3.63) is 42.0 Å². The topological polar surface area (TPSA) is 82.6 Å². The molecule has 7 nitrogen and oxygen atoms in total. The molecule has 0 radical (unpaired) electrons. The Bertz CT molecular complexity index is 1440. The molecule has 180 valence electrons. The summed E-state index contributed by atoms with van der Waals surface area (Å²) in [5.74, 6) is 2.33. The molecule has 3 aliphatic rings. The SMILES string of the molecule is FC(F)(F)c1cc2c(-c3nc(N4CC[C@H]5CNCC[C@H]54)c4c(C5CC5)cncc4n3)ccnc2[nH]1. The van der Waals surface area contributed by atoms with Crippen molar-refractivity contribution in [1.29, 1.82) is 0 Å². The van der Waals surface area contributed by atoms with Crippen LogP contribution < -0.4 is 10.2 Å². The molecule has 4 aromatic heterocycles. The fourth-order valence-corrected chi connectivity index (χ4v) is 5.84. The largest absolute Gasteiger partial charge is 0.431 e. The standard InChI is InChI=1S/C25H24F3N7/c26-25(27,28)20-9-16-15(3-7-31-22(16)33-20)23-32-18-12-30-11-17(13-1-2-13)21(18)24(34-23)35-8-5-14-10-29-6-4-19(14)35/h3,7,9,11-14,19,29H,1-2,4-6,8,10H2,(H,31,33)/t14-,19+/m0/s1. The number of fused-ring (bicyclic) bond motifs is 3. The summed E-state index contributed by atoms with van der Waals surface area (Å²) >= 11 is 0. The molecule has 0 aromatic carbocycles. The van der Waals surface area contributed by atoms with E-state index in [4.69, 9.17) is 9.97 Å². The maximum absolute atomic E-state index is 13.4. The number of nitrogens with one attached hydrogen (secondary N) is 2. The lowest BCUT2D eigenvalue weighted by Gasteiger charge is -2.33. The zero-order valence-electron chi connectivity index (χ0n) is 18.9. The Morgan fingerprint density at radius 2 is 1.94 bits per heavy atom. The van der Waals surface area contributed by atoms with Crippen LogP contribution in [-0.4, -0.2) is 50.6 Å². The summed E-state index contributed by atoms with van der Waals surface area (Å²) in [4.78, 5) is 23.3. The molecule has 1 saturated carbocycles. The molecule has 0 unspecified atom stereocenters. The molecule has 10 heteroatoms. The summed E-state index contributed by atoms with van der Waals surface area (Å²) in [6.07, 6.45) is 5.10. The van der Waals surface area contributed by atoms with Crippen LogP contribution in [0.2, 0.25) is 0 Å². The van der Waals surface area contributed by atoms with Crippen LogP contribution in [0.4, 0.5) is 19.0 Å². The molecule has 2 aliphatic heterocycles. The van der Waals surface area contributed by atoms with Gasteiger partial charge in [0, 0.05) is 41.3 Å². The number of alkyl halides is 3. The second-order valence-electron chi connectivity index (χ2n) is 9.87. The van der Waals surface area contributed by atoms with E-state index in [2.05, 4.69) is 25.2 Å².